The molecule has 7 rings (SSSR count). The van der Waals surface area contributed by atoms with Crippen LogP contribution in [0.1, 0.15) is 11.4 Å². The van der Waals surface area contributed by atoms with Crippen LogP contribution in [-0.2, 0) is 0 Å². The molecule has 0 saturated carbocycles. The lowest BCUT2D eigenvalue weighted by atomic mass is 10.1. The molecule has 3 aromatic carbocycles. The van der Waals surface area contributed by atoms with Gasteiger partial charge in [0, 0.05) is 78.5 Å². The second kappa shape index (κ2) is 12.3. The van der Waals surface area contributed by atoms with E-state index in [9.17, 15) is 0 Å². The van der Waals surface area contributed by atoms with E-state index in [-0.39, 0.29) is 0 Å². The SMILES string of the molecule is Cc1cc(N(C)C)c2cc(Nc3nc(Nc4ccc5nc(C)cc(N(C)C)c5c4)nc(Sc4ccc5ccccc5n4)n3)ccc2n1. The Bertz CT molecular complexity index is 2170. The third-order valence-corrected chi connectivity index (χ3v) is 8.49. The summed E-state index contributed by atoms with van der Waals surface area (Å²) in [5.41, 5.74) is 8.56. The Morgan fingerprint density at radius 2 is 1.09 bits per heavy atom. The number of para-hydroxylation sites is 1. The molecule has 0 aliphatic rings. The summed E-state index contributed by atoms with van der Waals surface area (Å²) in [5, 5.41) is 11.3. The second-order valence-electron chi connectivity index (χ2n) is 11.8. The van der Waals surface area contributed by atoms with Gasteiger partial charge in [-0.15, -0.1) is 0 Å². The molecule has 11 heteroatoms. The quantitative estimate of drug-likeness (QED) is 0.170. The van der Waals surface area contributed by atoms with Crippen LogP contribution in [0.15, 0.2) is 95.1 Å². The molecule has 0 fully saturated rings. The van der Waals surface area contributed by atoms with Crippen molar-refractivity contribution in [2.24, 2.45) is 0 Å². The number of nitrogens with one attached hydrogen (secondary N) is 2. The minimum atomic E-state index is 0.406. The fourth-order valence-corrected chi connectivity index (χ4v) is 6.27. The molecule has 0 spiro atoms. The molecule has 0 atom stereocenters. The van der Waals surface area contributed by atoms with Gasteiger partial charge in [-0.05, 0) is 86.3 Å². The number of pyridine rings is 3. The normalized spacial score (nSPS) is 11.3. The van der Waals surface area contributed by atoms with E-state index in [0.717, 1.165) is 71.9 Å². The third kappa shape index (κ3) is 6.43. The number of benzene rings is 3. The molecule has 0 unspecified atom stereocenters. The number of hydrogen-bond acceptors (Lipinski definition) is 11. The molecule has 4 heterocycles. The number of rotatable bonds is 8. The van der Waals surface area contributed by atoms with Crippen LogP contribution in [0, 0.1) is 13.8 Å². The van der Waals surface area contributed by atoms with Crippen molar-refractivity contribution in [2.45, 2.75) is 24.0 Å². The zero-order chi connectivity index (χ0) is 32.7. The third-order valence-electron chi connectivity index (χ3n) is 7.69. The Labute approximate surface area is 277 Å². The van der Waals surface area contributed by atoms with Crippen molar-refractivity contribution in [3.05, 3.63) is 96.3 Å². The van der Waals surface area contributed by atoms with Crippen molar-refractivity contribution in [2.75, 3.05) is 48.6 Å². The summed E-state index contributed by atoms with van der Waals surface area (Å²) in [5.74, 6) is 0.812. The molecule has 0 aliphatic carbocycles. The largest absolute Gasteiger partial charge is 0.377 e. The highest BCUT2D eigenvalue weighted by Crippen LogP contribution is 2.32. The minimum Gasteiger partial charge on any atom is -0.377 e. The summed E-state index contributed by atoms with van der Waals surface area (Å²) >= 11 is 1.39. The van der Waals surface area contributed by atoms with Crippen molar-refractivity contribution >= 4 is 79.1 Å². The highest BCUT2D eigenvalue weighted by Gasteiger charge is 2.14. The van der Waals surface area contributed by atoms with Crippen LogP contribution in [0.4, 0.5) is 34.6 Å². The fourth-order valence-electron chi connectivity index (χ4n) is 5.54. The molecule has 47 heavy (non-hydrogen) atoms. The van der Waals surface area contributed by atoms with Crippen LogP contribution in [-0.4, -0.2) is 58.1 Å². The van der Waals surface area contributed by atoms with Gasteiger partial charge in [-0.3, -0.25) is 9.97 Å². The molecule has 4 aromatic heterocycles. The molecule has 234 valence electrons. The first-order valence-electron chi connectivity index (χ1n) is 15.2. The van der Waals surface area contributed by atoms with Crippen molar-refractivity contribution in [1.82, 2.24) is 29.9 Å². The lowest BCUT2D eigenvalue weighted by Gasteiger charge is -2.17. The second-order valence-corrected chi connectivity index (χ2v) is 12.8. The van der Waals surface area contributed by atoms with Gasteiger partial charge in [-0.2, -0.15) is 15.0 Å². The van der Waals surface area contributed by atoms with Crippen LogP contribution in [0.2, 0.25) is 0 Å². The number of anilines is 6. The van der Waals surface area contributed by atoms with Crippen molar-refractivity contribution in [1.29, 1.82) is 0 Å². The highest BCUT2D eigenvalue weighted by molar-refractivity contribution is 7.99. The summed E-state index contributed by atoms with van der Waals surface area (Å²) in [6, 6.07) is 28.4. The van der Waals surface area contributed by atoms with Gasteiger partial charge in [0.25, 0.3) is 0 Å². The van der Waals surface area contributed by atoms with E-state index in [4.69, 9.17) is 29.9 Å². The summed E-state index contributed by atoms with van der Waals surface area (Å²) in [6.45, 7) is 4.02. The topological polar surface area (TPSA) is 108 Å². The molecule has 0 aliphatic heterocycles. The van der Waals surface area contributed by atoms with Crippen molar-refractivity contribution in [3.63, 3.8) is 0 Å². The van der Waals surface area contributed by atoms with E-state index in [2.05, 4.69) is 50.8 Å². The van der Waals surface area contributed by atoms with Gasteiger partial charge < -0.3 is 20.4 Å². The van der Waals surface area contributed by atoms with Crippen molar-refractivity contribution in [3.8, 4) is 0 Å². The number of aromatic nitrogens is 6. The molecule has 0 bridgehead atoms. The van der Waals surface area contributed by atoms with Crippen molar-refractivity contribution < 1.29 is 0 Å². The lowest BCUT2D eigenvalue weighted by molar-refractivity contribution is 0.917. The maximum absolute atomic E-state index is 4.83. The van der Waals surface area contributed by atoms with E-state index in [1.54, 1.807) is 0 Å². The highest BCUT2D eigenvalue weighted by atomic mass is 32.2. The van der Waals surface area contributed by atoms with E-state index >= 15 is 0 Å². The van der Waals surface area contributed by atoms with Gasteiger partial charge in [-0.25, -0.2) is 4.98 Å². The molecule has 7 aromatic rings. The van der Waals surface area contributed by atoms with Gasteiger partial charge in [0.15, 0.2) is 0 Å². The van der Waals surface area contributed by atoms with Crippen LogP contribution in [0.25, 0.3) is 32.7 Å². The first-order valence-corrected chi connectivity index (χ1v) is 16.0. The maximum atomic E-state index is 4.83. The van der Waals surface area contributed by atoms with Crippen LogP contribution >= 0.6 is 11.8 Å². The monoisotopic (exact) mass is 638 g/mol. The van der Waals surface area contributed by atoms with Gasteiger partial charge in [0.05, 0.1) is 16.6 Å². The molecular formula is C36H34N10S. The van der Waals surface area contributed by atoms with Gasteiger partial charge >= 0.3 is 0 Å². The summed E-state index contributed by atoms with van der Waals surface area (Å²) in [6.07, 6.45) is 0. The zero-order valence-electron chi connectivity index (χ0n) is 27.1. The predicted octanol–water partition coefficient (Wildman–Crippen LogP) is 7.90. The van der Waals surface area contributed by atoms with Gasteiger partial charge in [0.2, 0.25) is 17.1 Å². The summed E-state index contributed by atoms with van der Waals surface area (Å²) in [7, 11) is 8.14. The van der Waals surface area contributed by atoms with E-state index < -0.39 is 0 Å². The molecular weight excluding hydrogens is 605 g/mol. The maximum Gasteiger partial charge on any atom is 0.233 e. The Kier molecular flexibility index (Phi) is 7.90. The Morgan fingerprint density at radius 1 is 0.532 bits per heavy atom. The average Bonchev–Trinajstić information content (AvgIpc) is 3.04. The number of fused-ring (bicyclic) bond motifs is 3. The molecule has 2 N–H and O–H groups in total. The van der Waals surface area contributed by atoms with Crippen LogP contribution in [0.5, 0.6) is 0 Å². The first kappa shape index (κ1) is 30.1. The van der Waals surface area contributed by atoms with Gasteiger partial charge in [0.1, 0.15) is 5.03 Å². The standard InChI is InChI=1S/C36H34N10S/c1-21-17-31(45(3)4)26-19-24(12-14-29(26)37-21)39-34-42-35(40-25-13-15-30-27(20-25)32(46(5)6)18-22(2)38-30)44-36(43-34)47-33-16-11-23-9-7-8-10-28(23)41-33/h7-20H,1-6H3,(H2,39,40,42,43,44). The fraction of sp³-hybridized carbons (Fsp3) is 0.167. The summed E-state index contributed by atoms with van der Waals surface area (Å²) < 4.78 is 0. The molecule has 0 radical (unpaired) electrons. The smallest absolute Gasteiger partial charge is 0.233 e. The lowest BCUT2D eigenvalue weighted by Crippen LogP contribution is -2.10. The van der Waals surface area contributed by atoms with E-state index in [0.29, 0.717) is 17.1 Å². The Morgan fingerprint density at radius 3 is 1.64 bits per heavy atom. The Hall–Kier alpha value is -5.55. The zero-order valence-corrected chi connectivity index (χ0v) is 27.9. The minimum absolute atomic E-state index is 0.406. The van der Waals surface area contributed by atoms with Gasteiger partial charge in [-0.1, -0.05) is 24.3 Å². The predicted molar refractivity (Wildman–Crippen MR) is 194 cm³/mol. The number of hydrogen-bond donors (Lipinski definition) is 2. The number of nitrogens with zero attached hydrogens (tertiary/aromatic N) is 8. The van der Waals surface area contributed by atoms with Crippen LogP contribution in [0.3, 0.4) is 0 Å². The van der Waals surface area contributed by atoms with Crippen LogP contribution < -0.4 is 20.4 Å². The average molecular weight is 639 g/mol. The molecule has 10 nitrogen and oxygen atoms in total. The summed E-state index contributed by atoms with van der Waals surface area (Å²) in [4.78, 5) is 32.9. The molecule has 0 amide bonds. The molecule has 0 saturated heterocycles. The van der Waals surface area contributed by atoms with E-state index in [1.165, 1.54) is 11.8 Å². The number of aryl methyl sites for hydroxylation is 2. The first-order chi connectivity index (χ1) is 22.7. The Balaban J connectivity index is 1.27. The van der Waals surface area contributed by atoms with E-state index in [1.807, 2.05) is 96.6 Å².